The zero-order chi connectivity index (χ0) is 20.6. The predicted octanol–water partition coefficient (Wildman–Crippen LogP) is 4.96. The molecule has 3 aromatic rings. The molecule has 1 aromatic carbocycles. The number of aryl methyl sites for hydroxylation is 2. The SMILES string of the molecule is Cc1nn(CC(F)(F)F)c(C)c1CC(=O)OC(C)c1oc2ccccc2c1C. The van der Waals surface area contributed by atoms with E-state index in [4.69, 9.17) is 9.15 Å². The molecule has 150 valence electrons. The Labute approximate surface area is 160 Å². The molecule has 2 aromatic heterocycles. The highest BCUT2D eigenvalue weighted by Gasteiger charge is 2.30. The van der Waals surface area contributed by atoms with Crippen LogP contribution in [0.2, 0.25) is 0 Å². The van der Waals surface area contributed by atoms with Crippen molar-refractivity contribution in [3.05, 3.63) is 52.5 Å². The lowest BCUT2D eigenvalue weighted by atomic mass is 10.1. The first-order valence-corrected chi connectivity index (χ1v) is 8.84. The average Bonchev–Trinajstić information content (AvgIpc) is 3.06. The first kappa shape index (κ1) is 20.0. The van der Waals surface area contributed by atoms with Crippen LogP contribution in [0, 0.1) is 20.8 Å². The average molecular weight is 394 g/mol. The minimum Gasteiger partial charge on any atom is -0.457 e. The second kappa shape index (κ2) is 7.33. The fraction of sp³-hybridized carbons (Fsp3) is 0.400. The number of carbonyl (C=O) groups is 1. The van der Waals surface area contributed by atoms with Crippen molar-refractivity contribution in [3.63, 3.8) is 0 Å². The lowest BCUT2D eigenvalue weighted by Crippen LogP contribution is -2.20. The van der Waals surface area contributed by atoms with Crippen molar-refractivity contribution >= 4 is 16.9 Å². The number of para-hydroxylation sites is 1. The summed E-state index contributed by atoms with van der Waals surface area (Å²) in [4.78, 5) is 12.4. The van der Waals surface area contributed by atoms with E-state index >= 15 is 0 Å². The molecule has 0 fully saturated rings. The maximum absolute atomic E-state index is 12.6. The molecule has 0 aliphatic heterocycles. The number of rotatable bonds is 5. The van der Waals surface area contributed by atoms with Gasteiger partial charge in [0.2, 0.25) is 0 Å². The summed E-state index contributed by atoms with van der Waals surface area (Å²) >= 11 is 0. The van der Waals surface area contributed by atoms with Crippen molar-refractivity contribution in [3.8, 4) is 0 Å². The van der Waals surface area contributed by atoms with Gasteiger partial charge in [0, 0.05) is 22.2 Å². The van der Waals surface area contributed by atoms with E-state index in [2.05, 4.69) is 5.10 Å². The van der Waals surface area contributed by atoms with Crippen molar-refractivity contribution in [2.24, 2.45) is 0 Å². The van der Waals surface area contributed by atoms with Crippen LogP contribution in [0.3, 0.4) is 0 Å². The zero-order valence-electron chi connectivity index (χ0n) is 16.1. The predicted molar refractivity (Wildman–Crippen MR) is 96.9 cm³/mol. The molecule has 0 amide bonds. The largest absolute Gasteiger partial charge is 0.457 e. The standard InChI is InChI=1S/C20H21F3N2O3/c1-11-15-7-5-6-8-17(15)28-19(11)14(4)27-18(26)9-16-12(2)24-25(13(16)3)10-20(21,22)23/h5-8,14H,9-10H2,1-4H3. The van der Waals surface area contributed by atoms with Gasteiger partial charge in [0.05, 0.1) is 12.1 Å². The molecule has 0 saturated heterocycles. The molecule has 0 N–H and O–H groups in total. The number of fused-ring (bicyclic) bond motifs is 1. The fourth-order valence-electron chi connectivity index (χ4n) is 3.33. The summed E-state index contributed by atoms with van der Waals surface area (Å²) in [6.07, 6.45) is -5.15. The molecule has 28 heavy (non-hydrogen) atoms. The number of halogens is 3. The minimum atomic E-state index is -4.38. The first-order valence-electron chi connectivity index (χ1n) is 8.84. The second-order valence-electron chi connectivity index (χ2n) is 6.82. The lowest BCUT2D eigenvalue weighted by molar-refractivity contribution is -0.148. The Kier molecular flexibility index (Phi) is 5.23. The zero-order valence-corrected chi connectivity index (χ0v) is 16.1. The molecule has 0 aliphatic rings. The molecule has 0 spiro atoms. The number of benzene rings is 1. The summed E-state index contributed by atoms with van der Waals surface area (Å²) in [6.45, 7) is 5.50. The number of alkyl halides is 3. The number of aromatic nitrogens is 2. The van der Waals surface area contributed by atoms with Gasteiger partial charge in [0.15, 0.2) is 6.10 Å². The maximum Gasteiger partial charge on any atom is 0.408 e. The third-order valence-corrected chi connectivity index (χ3v) is 4.74. The Morgan fingerprint density at radius 3 is 2.57 bits per heavy atom. The number of hydrogen-bond donors (Lipinski definition) is 0. The third kappa shape index (κ3) is 4.05. The van der Waals surface area contributed by atoms with Crippen molar-refractivity contribution in [2.45, 2.75) is 52.9 Å². The Morgan fingerprint density at radius 1 is 1.25 bits per heavy atom. The van der Waals surface area contributed by atoms with Gasteiger partial charge in [-0.2, -0.15) is 18.3 Å². The van der Waals surface area contributed by atoms with Gasteiger partial charge >= 0.3 is 12.1 Å². The quantitative estimate of drug-likeness (QED) is 0.574. The van der Waals surface area contributed by atoms with Gasteiger partial charge in [-0.1, -0.05) is 18.2 Å². The number of esters is 1. The number of hydrogen-bond acceptors (Lipinski definition) is 4. The van der Waals surface area contributed by atoms with Crippen LogP contribution >= 0.6 is 0 Å². The fourth-order valence-corrected chi connectivity index (χ4v) is 3.33. The second-order valence-corrected chi connectivity index (χ2v) is 6.82. The van der Waals surface area contributed by atoms with E-state index in [1.165, 1.54) is 6.92 Å². The summed E-state index contributed by atoms with van der Waals surface area (Å²) in [5.41, 5.74) is 2.73. The molecule has 1 atom stereocenters. The highest BCUT2D eigenvalue weighted by atomic mass is 19.4. The summed E-state index contributed by atoms with van der Waals surface area (Å²) in [6, 6.07) is 7.52. The monoisotopic (exact) mass is 394 g/mol. The molecule has 8 heteroatoms. The van der Waals surface area contributed by atoms with Crippen LogP contribution in [-0.2, 0) is 22.5 Å². The van der Waals surface area contributed by atoms with Gasteiger partial charge < -0.3 is 9.15 Å². The summed E-state index contributed by atoms with van der Waals surface area (Å²) < 4.78 is 50.1. The van der Waals surface area contributed by atoms with Crippen LogP contribution in [0.1, 0.15) is 41.3 Å². The summed E-state index contributed by atoms with van der Waals surface area (Å²) in [5, 5.41) is 4.84. The van der Waals surface area contributed by atoms with E-state index in [9.17, 15) is 18.0 Å². The topological polar surface area (TPSA) is 57.3 Å². The Morgan fingerprint density at radius 2 is 1.93 bits per heavy atom. The van der Waals surface area contributed by atoms with E-state index in [0.717, 1.165) is 15.6 Å². The van der Waals surface area contributed by atoms with Crippen molar-refractivity contribution < 1.29 is 27.1 Å². The molecule has 5 nitrogen and oxygen atoms in total. The van der Waals surface area contributed by atoms with Gasteiger partial charge in [0.25, 0.3) is 0 Å². The van der Waals surface area contributed by atoms with Gasteiger partial charge in [-0.3, -0.25) is 9.48 Å². The number of nitrogens with zero attached hydrogens (tertiary/aromatic N) is 2. The van der Waals surface area contributed by atoms with Crippen LogP contribution < -0.4 is 0 Å². The summed E-state index contributed by atoms with van der Waals surface area (Å²) in [7, 11) is 0. The van der Waals surface area contributed by atoms with E-state index in [0.29, 0.717) is 28.3 Å². The number of carbonyl (C=O) groups excluding carboxylic acids is 1. The Bertz CT molecular complexity index is 1020. The summed E-state index contributed by atoms with van der Waals surface area (Å²) in [5.74, 6) is 0.000810. The molecular formula is C20H21F3N2O3. The minimum absolute atomic E-state index is 0.154. The maximum atomic E-state index is 12.6. The first-order chi connectivity index (χ1) is 13.1. The van der Waals surface area contributed by atoms with E-state index < -0.39 is 24.8 Å². The van der Waals surface area contributed by atoms with Gasteiger partial charge in [-0.05, 0) is 33.8 Å². The molecule has 1 unspecified atom stereocenters. The van der Waals surface area contributed by atoms with Crippen LogP contribution in [0.5, 0.6) is 0 Å². The van der Waals surface area contributed by atoms with Gasteiger partial charge in [-0.15, -0.1) is 0 Å². The third-order valence-electron chi connectivity index (χ3n) is 4.74. The molecule has 0 aliphatic carbocycles. The molecule has 2 heterocycles. The van der Waals surface area contributed by atoms with E-state index in [1.807, 2.05) is 31.2 Å². The molecule has 0 radical (unpaired) electrons. The van der Waals surface area contributed by atoms with Crippen LogP contribution in [-0.4, -0.2) is 21.9 Å². The van der Waals surface area contributed by atoms with Gasteiger partial charge in [-0.25, -0.2) is 0 Å². The number of furan rings is 1. The molecule has 3 rings (SSSR count). The Balaban J connectivity index is 1.74. The molecular weight excluding hydrogens is 373 g/mol. The van der Waals surface area contributed by atoms with Gasteiger partial charge in [0.1, 0.15) is 17.9 Å². The van der Waals surface area contributed by atoms with Crippen LogP contribution in [0.4, 0.5) is 13.2 Å². The lowest BCUT2D eigenvalue weighted by Gasteiger charge is -2.12. The van der Waals surface area contributed by atoms with Crippen molar-refractivity contribution in [1.29, 1.82) is 0 Å². The van der Waals surface area contributed by atoms with Crippen molar-refractivity contribution in [1.82, 2.24) is 9.78 Å². The highest BCUT2D eigenvalue weighted by Crippen LogP contribution is 2.31. The molecule has 0 bridgehead atoms. The number of ether oxygens (including phenoxy) is 1. The normalized spacial score (nSPS) is 13.1. The van der Waals surface area contributed by atoms with Crippen LogP contribution in [0.15, 0.2) is 28.7 Å². The van der Waals surface area contributed by atoms with E-state index in [1.54, 1.807) is 13.8 Å². The van der Waals surface area contributed by atoms with E-state index in [-0.39, 0.29) is 6.42 Å². The smallest absolute Gasteiger partial charge is 0.408 e. The van der Waals surface area contributed by atoms with Crippen molar-refractivity contribution in [2.75, 3.05) is 0 Å². The van der Waals surface area contributed by atoms with Crippen LogP contribution in [0.25, 0.3) is 11.0 Å². The highest BCUT2D eigenvalue weighted by molar-refractivity contribution is 5.82. The Hall–Kier alpha value is -2.77. The molecule has 0 saturated carbocycles.